The van der Waals surface area contributed by atoms with Crippen molar-refractivity contribution >= 4 is 16.0 Å². The molecule has 3 N–H and O–H groups in total. The molecule has 1 aliphatic rings. The fraction of sp³-hybridized carbons (Fsp3) is 0.273. The first-order chi connectivity index (χ1) is 9.40. The van der Waals surface area contributed by atoms with Crippen LogP contribution in [0, 0.1) is 0 Å². The van der Waals surface area contributed by atoms with Crippen LogP contribution in [0.2, 0.25) is 0 Å². The van der Waals surface area contributed by atoms with Gasteiger partial charge in [-0.25, -0.2) is 4.98 Å². The van der Waals surface area contributed by atoms with Gasteiger partial charge < -0.3 is 15.4 Å². The van der Waals surface area contributed by atoms with Gasteiger partial charge in [-0.15, -0.1) is 0 Å². The maximum Gasteiger partial charge on any atom is 0.305 e. The first kappa shape index (κ1) is 14.3. The van der Waals surface area contributed by atoms with Crippen LogP contribution in [0.25, 0.3) is 0 Å². The van der Waals surface area contributed by atoms with Gasteiger partial charge in [-0.3, -0.25) is 9.35 Å². The van der Waals surface area contributed by atoms with Gasteiger partial charge >= 0.3 is 10.1 Å². The smallest absolute Gasteiger partial charge is 0.305 e. The number of nitrogens with one attached hydrogen (secondary N) is 2. The molecule has 0 radical (unpaired) electrons. The molecule has 0 spiro atoms. The van der Waals surface area contributed by atoms with E-state index in [-0.39, 0.29) is 6.42 Å². The van der Waals surface area contributed by atoms with E-state index < -0.39 is 21.5 Å². The number of carbonyl (C=O) groups excluding carboxylic acids is 1. The average Bonchev–Trinajstić information content (AvgIpc) is 2.40. The summed E-state index contributed by atoms with van der Waals surface area (Å²) in [5.41, 5.74) is -0.408. The summed E-state index contributed by atoms with van der Waals surface area (Å²) < 4.78 is 35.6. The number of aromatic nitrogens is 1. The monoisotopic (exact) mass is 299 g/mol. The minimum absolute atomic E-state index is 0.274. The van der Waals surface area contributed by atoms with E-state index in [1.165, 1.54) is 13.3 Å². The second kappa shape index (κ2) is 5.47. The lowest BCUT2D eigenvalue weighted by Crippen LogP contribution is -2.52. The molecule has 1 aromatic heterocycles. The first-order valence-corrected chi connectivity index (χ1v) is 7.11. The van der Waals surface area contributed by atoms with Gasteiger partial charge in [0.25, 0.3) is 5.91 Å². The molecule has 8 nitrogen and oxygen atoms in total. The molecule has 1 unspecified atom stereocenters. The highest BCUT2D eigenvalue weighted by Crippen LogP contribution is 2.14. The van der Waals surface area contributed by atoms with Crippen LogP contribution in [0.3, 0.4) is 0 Å². The zero-order chi connectivity index (χ0) is 14.8. The highest BCUT2D eigenvalue weighted by Gasteiger charge is 2.28. The fourth-order valence-corrected chi connectivity index (χ4v) is 2.17. The summed E-state index contributed by atoms with van der Waals surface area (Å²) >= 11 is 0. The van der Waals surface area contributed by atoms with E-state index in [1.807, 2.05) is 0 Å². The molecular formula is C11H13N3O5S. The number of hydrogen-bond acceptors (Lipinski definition) is 6. The molecule has 0 saturated carbocycles. The topological polar surface area (TPSA) is 118 Å². The summed E-state index contributed by atoms with van der Waals surface area (Å²) in [5, 5.41) is 4.56. The van der Waals surface area contributed by atoms with Crippen molar-refractivity contribution in [3.05, 3.63) is 35.7 Å². The SMILES string of the molecule is COc1cc(CC2=CNC(S(=O)(=O)O)NC2=O)ccn1. The summed E-state index contributed by atoms with van der Waals surface area (Å²) in [4.78, 5) is 15.7. The number of nitrogens with zero attached hydrogens (tertiary/aromatic N) is 1. The van der Waals surface area contributed by atoms with Gasteiger partial charge in [0.05, 0.1) is 7.11 Å². The van der Waals surface area contributed by atoms with Crippen molar-refractivity contribution in [2.75, 3.05) is 7.11 Å². The summed E-state index contributed by atoms with van der Waals surface area (Å²) in [6.45, 7) is 0. The third-order valence-electron chi connectivity index (χ3n) is 2.66. The van der Waals surface area contributed by atoms with Gasteiger partial charge in [0.1, 0.15) is 0 Å². The van der Waals surface area contributed by atoms with Crippen molar-refractivity contribution in [1.82, 2.24) is 15.6 Å². The number of methoxy groups -OCH3 is 1. The Hall–Kier alpha value is -2.13. The Morgan fingerprint density at radius 2 is 2.25 bits per heavy atom. The molecule has 108 valence electrons. The third-order valence-corrected chi connectivity index (χ3v) is 3.51. The number of pyridine rings is 1. The van der Waals surface area contributed by atoms with Crippen molar-refractivity contribution < 1.29 is 22.5 Å². The molecule has 20 heavy (non-hydrogen) atoms. The predicted octanol–water partition coefficient (Wildman–Crippen LogP) is -0.593. The zero-order valence-electron chi connectivity index (χ0n) is 10.5. The molecule has 1 aliphatic heterocycles. The summed E-state index contributed by atoms with van der Waals surface area (Å²) in [6, 6.07) is 3.38. The van der Waals surface area contributed by atoms with Crippen molar-refractivity contribution in [1.29, 1.82) is 0 Å². The maximum atomic E-state index is 11.8. The molecule has 2 rings (SSSR count). The number of ether oxygens (including phenoxy) is 1. The third kappa shape index (κ3) is 3.25. The molecule has 0 fully saturated rings. The normalized spacial score (nSPS) is 18.8. The fourth-order valence-electron chi connectivity index (χ4n) is 1.68. The van der Waals surface area contributed by atoms with Crippen LogP contribution in [0.5, 0.6) is 5.88 Å². The molecule has 9 heteroatoms. The lowest BCUT2D eigenvalue weighted by Gasteiger charge is -2.22. The maximum absolute atomic E-state index is 11.8. The van der Waals surface area contributed by atoms with Crippen LogP contribution in [0.15, 0.2) is 30.1 Å². The Kier molecular flexibility index (Phi) is 3.91. The highest BCUT2D eigenvalue weighted by atomic mass is 32.2. The number of carbonyl (C=O) groups is 1. The molecule has 0 bridgehead atoms. The van der Waals surface area contributed by atoms with E-state index in [9.17, 15) is 13.2 Å². The van der Waals surface area contributed by atoms with Gasteiger partial charge in [-0.1, -0.05) is 0 Å². The van der Waals surface area contributed by atoms with Gasteiger partial charge in [0.2, 0.25) is 11.4 Å². The Morgan fingerprint density at radius 3 is 2.85 bits per heavy atom. The zero-order valence-corrected chi connectivity index (χ0v) is 11.3. The van der Waals surface area contributed by atoms with Crippen molar-refractivity contribution in [2.24, 2.45) is 0 Å². The van der Waals surface area contributed by atoms with Crippen LogP contribution in [0.4, 0.5) is 0 Å². The van der Waals surface area contributed by atoms with Gasteiger partial charge in [0, 0.05) is 30.5 Å². The highest BCUT2D eigenvalue weighted by molar-refractivity contribution is 7.86. The van der Waals surface area contributed by atoms with Gasteiger partial charge in [-0.05, 0) is 11.6 Å². The van der Waals surface area contributed by atoms with Gasteiger partial charge in [0.15, 0.2) is 0 Å². The van der Waals surface area contributed by atoms with Crippen LogP contribution < -0.4 is 15.4 Å². The molecule has 1 atom stereocenters. The van der Waals surface area contributed by atoms with Crippen molar-refractivity contribution in [3.63, 3.8) is 0 Å². The summed E-state index contributed by atoms with van der Waals surface area (Å²) in [6.07, 6.45) is 3.09. The minimum Gasteiger partial charge on any atom is -0.481 e. The molecular weight excluding hydrogens is 286 g/mol. The van der Waals surface area contributed by atoms with E-state index in [1.54, 1.807) is 18.3 Å². The van der Waals surface area contributed by atoms with Crippen LogP contribution in [0.1, 0.15) is 5.56 Å². The molecule has 0 aromatic carbocycles. The van der Waals surface area contributed by atoms with E-state index in [0.717, 1.165) is 5.56 Å². The Morgan fingerprint density at radius 1 is 1.50 bits per heavy atom. The van der Waals surface area contributed by atoms with Gasteiger partial charge in [-0.2, -0.15) is 8.42 Å². The van der Waals surface area contributed by atoms with E-state index in [0.29, 0.717) is 11.5 Å². The molecule has 2 heterocycles. The predicted molar refractivity (Wildman–Crippen MR) is 69.2 cm³/mol. The van der Waals surface area contributed by atoms with E-state index >= 15 is 0 Å². The number of amides is 1. The lowest BCUT2D eigenvalue weighted by atomic mass is 10.1. The summed E-state index contributed by atoms with van der Waals surface area (Å²) in [7, 11) is -2.90. The lowest BCUT2D eigenvalue weighted by molar-refractivity contribution is -0.118. The van der Waals surface area contributed by atoms with Crippen LogP contribution >= 0.6 is 0 Å². The molecule has 0 aliphatic carbocycles. The average molecular weight is 299 g/mol. The Bertz CT molecular complexity index is 656. The van der Waals surface area contributed by atoms with Crippen molar-refractivity contribution in [2.45, 2.75) is 11.9 Å². The first-order valence-electron chi connectivity index (χ1n) is 5.61. The number of hydrogen-bond donors (Lipinski definition) is 3. The number of rotatable bonds is 4. The summed E-state index contributed by atoms with van der Waals surface area (Å²) in [5.74, 6) is -0.148. The Labute approximate surface area is 115 Å². The van der Waals surface area contributed by atoms with Crippen LogP contribution in [-0.2, 0) is 21.3 Å². The van der Waals surface area contributed by atoms with E-state index in [4.69, 9.17) is 9.29 Å². The minimum atomic E-state index is -4.38. The molecule has 1 aromatic rings. The van der Waals surface area contributed by atoms with Crippen LogP contribution in [-0.4, -0.2) is 36.5 Å². The second-order valence-corrected chi connectivity index (χ2v) is 5.59. The molecule has 1 amide bonds. The molecule has 0 saturated heterocycles. The quantitative estimate of drug-likeness (QED) is 0.636. The Balaban J connectivity index is 2.14. The van der Waals surface area contributed by atoms with Crippen molar-refractivity contribution in [3.8, 4) is 5.88 Å². The standard InChI is InChI=1S/C11H13N3O5S/c1-19-9-5-7(2-3-12-9)4-8-6-13-11(14-10(8)15)20(16,17)18/h2-3,5-6,11,13H,4H2,1H3,(H,14,15)(H,16,17,18). The second-order valence-electron chi connectivity index (χ2n) is 4.09. The largest absolute Gasteiger partial charge is 0.481 e. The van der Waals surface area contributed by atoms with E-state index in [2.05, 4.69) is 15.6 Å².